The van der Waals surface area contributed by atoms with Crippen molar-refractivity contribution in [2.75, 3.05) is 13.1 Å². The van der Waals surface area contributed by atoms with E-state index in [2.05, 4.69) is 15.6 Å². The van der Waals surface area contributed by atoms with Gasteiger partial charge >= 0.3 is 0 Å². The van der Waals surface area contributed by atoms with Crippen molar-refractivity contribution in [3.05, 3.63) is 18.2 Å². The van der Waals surface area contributed by atoms with Crippen molar-refractivity contribution >= 4 is 18.3 Å². The highest BCUT2D eigenvalue weighted by atomic mass is 35.5. The number of carbonyl (C=O) groups excluding carboxylic acids is 1. The Balaban J connectivity index is 0.00000200. The van der Waals surface area contributed by atoms with Crippen LogP contribution in [0.2, 0.25) is 0 Å². The van der Waals surface area contributed by atoms with Crippen molar-refractivity contribution in [3.8, 4) is 0 Å². The third-order valence-electron chi connectivity index (χ3n) is 3.64. The molecule has 0 aliphatic heterocycles. The van der Waals surface area contributed by atoms with Crippen LogP contribution in [0.3, 0.4) is 0 Å². The van der Waals surface area contributed by atoms with Gasteiger partial charge < -0.3 is 15.2 Å². The Morgan fingerprint density at radius 2 is 2.00 bits per heavy atom. The zero-order chi connectivity index (χ0) is 13.5. The molecule has 0 radical (unpaired) electrons. The molecule has 1 aromatic heterocycles. The fourth-order valence-corrected chi connectivity index (χ4v) is 2.56. The molecule has 1 saturated carbocycles. The Kier molecular flexibility index (Phi) is 7.62. The molecule has 2 N–H and O–H groups in total. The van der Waals surface area contributed by atoms with Gasteiger partial charge in [-0.1, -0.05) is 25.7 Å². The number of hydrogen-bond acceptors (Lipinski definition) is 3. The first-order valence-electron chi connectivity index (χ1n) is 7.25. The van der Waals surface area contributed by atoms with E-state index in [0.29, 0.717) is 18.3 Å². The lowest BCUT2D eigenvalue weighted by atomic mass is 10.1. The summed E-state index contributed by atoms with van der Waals surface area (Å²) in [5.74, 6) is -0.0942. The van der Waals surface area contributed by atoms with E-state index in [1.54, 1.807) is 17.1 Å². The molecule has 0 spiro atoms. The maximum absolute atomic E-state index is 11.7. The molecule has 20 heavy (non-hydrogen) atoms. The van der Waals surface area contributed by atoms with Gasteiger partial charge in [-0.25, -0.2) is 4.98 Å². The van der Waals surface area contributed by atoms with Crippen LogP contribution < -0.4 is 10.6 Å². The molecule has 1 aliphatic rings. The Morgan fingerprint density at radius 3 is 2.60 bits per heavy atom. The van der Waals surface area contributed by atoms with E-state index in [4.69, 9.17) is 0 Å². The molecular formula is C14H25ClN4O. The Hall–Kier alpha value is -1.07. The maximum Gasteiger partial charge on any atom is 0.271 e. The van der Waals surface area contributed by atoms with Crippen LogP contribution in [0, 0.1) is 0 Å². The summed E-state index contributed by atoms with van der Waals surface area (Å²) in [7, 11) is 1.86. The summed E-state index contributed by atoms with van der Waals surface area (Å²) in [4.78, 5) is 15.8. The van der Waals surface area contributed by atoms with Gasteiger partial charge in [-0.2, -0.15) is 0 Å². The van der Waals surface area contributed by atoms with Gasteiger partial charge in [0.05, 0.1) is 6.33 Å². The summed E-state index contributed by atoms with van der Waals surface area (Å²) in [6.07, 6.45) is 11.3. The maximum atomic E-state index is 11.7. The summed E-state index contributed by atoms with van der Waals surface area (Å²) in [5, 5.41) is 6.42. The zero-order valence-corrected chi connectivity index (χ0v) is 12.9. The number of imidazole rings is 1. The number of rotatable bonds is 5. The number of hydrogen-bond donors (Lipinski definition) is 2. The van der Waals surface area contributed by atoms with Crippen LogP contribution in [-0.2, 0) is 7.05 Å². The number of nitrogens with one attached hydrogen (secondary N) is 2. The minimum absolute atomic E-state index is 0. The lowest BCUT2D eigenvalue weighted by Gasteiger charge is -2.16. The molecule has 0 unspecified atom stereocenters. The van der Waals surface area contributed by atoms with Crippen LogP contribution in [0.5, 0.6) is 0 Å². The largest absolute Gasteiger partial charge is 0.349 e. The molecule has 0 aromatic carbocycles. The zero-order valence-electron chi connectivity index (χ0n) is 12.1. The molecule has 0 saturated heterocycles. The molecule has 2 rings (SSSR count). The van der Waals surface area contributed by atoms with Crippen molar-refractivity contribution in [1.29, 1.82) is 0 Å². The standard InChI is InChI=1S/C14H24N4O.ClH/c1-18-10-13(17-11-18)14(19)16-9-8-15-12-6-4-2-3-5-7-12;/h10-12,15H,2-9H2,1H3,(H,16,19);1H. The first-order chi connectivity index (χ1) is 9.25. The minimum Gasteiger partial charge on any atom is -0.349 e. The smallest absolute Gasteiger partial charge is 0.271 e. The van der Waals surface area contributed by atoms with Gasteiger partial charge in [0.2, 0.25) is 0 Å². The molecule has 1 heterocycles. The van der Waals surface area contributed by atoms with Crippen molar-refractivity contribution in [2.45, 2.75) is 44.6 Å². The molecule has 0 bridgehead atoms. The van der Waals surface area contributed by atoms with Crippen LogP contribution in [0.15, 0.2) is 12.5 Å². The molecule has 1 amide bonds. The fraction of sp³-hybridized carbons (Fsp3) is 0.714. The number of halogens is 1. The van der Waals surface area contributed by atoms with Crippen molar-refractivity contribution in [1.82, 2.24) is 20.2 Å². The molecule has 1 aromatic rings. The third-order valence-corrected chi connectivity index (χ3v) is 3.64. The molecule has 114 valence electrons. The third kappa shape index (κ3) is 5.51. The van der Waals surface area contributed by atoms with E-state index < -0.39 is 0 Å². The molecular weight excluding hydrogens is 276 g/mol. The normalized spacial score (nSPS) is 16.2. The van der Waals surface area contributed by atoms with Crippen LogP contribution >= 0.6 is 12.4 Å². The fourth-order valence-electron chi connectivity index (χ4n) is 2.56. The van der Waals surface area contributed by atoms with E-state index in [1.165, 1.54) is 38.5 Å². The predicted octanol–water partition coefficient (Wildman–Crippen LogP) is 1.88. The van der Waals surface area contributed by atoms with Crippen LogP contribution in [-0.4, -0.2) is 34.6 Å². The van der Waals surface area contributed by atoms with Gasteiger partial charge in [-0.15, -0.1) is 12.4 Å². The molecule has 6 heteroatoms. The number of carbonyl (C=O) groups is 1. The van der Waals surface area contributed by atoms with Gasteiger partial charge in [0.1, 0.15) is 5.69 Å². The van der Waals surface area contributed by atoms with Gasteiger partial charge in [0.15, 0.2) is 0 Å². The molecule has 1 fully saturated rings. The Labute approximate surface area is 126 Å². The van der Waals surface area contributed by atoms with Crippen molar-refractivity contribution in [3.63, 3.8) is 0 Å². The lowest BCUT2D eigenvalue weighted by molar-refractivity contribution is 0.0949. The highest BCUT2D eigenvalue weighted by Gasteiger charge is 2.11. The van der Waals surface area contributed by atoms with Crippen LogP contribution in [0.1, 0.15) is 49.0 Å². The van der Waals surface area contributed by atoms with E-state index in [0.717, 1.165) is 6.54 Å². The van der Waals surface area contributed by atoms with Gasteiger partial charge in [-0.05, 0) is 12.8 Å². The van der Waals surface area contributed by atoms with E-state index in [-0.39, 0.29) is 18.3 Å². The monoisotopic (exact) mass is 300 g/mol. The highest BCUT2D eigenvalue weighted by molar-refractivity contribution is 5.91. The Morgan fingerprint density at radius 1 is 1.30 bits per heavy atom. The van der Waals surface area contributed by atoms with E-state index in [9.17, 15) is 4.79 Å². The van der Waals surface area contributed by atoms with Crippen molar-refractivity contribution in [2.24, 2.45) is 7.05 Å². The van der Waals surface area contributed by atoms with Gasteiger partial charge in [0, 0.05) is 32.4 Å². The summed E-state index contributed by atoms with van der Waals surface area (Å²) < 4.78 is 1.78. The summed E-state index contributed by atoms with van der Waals surface area (Å²) >= 11 is 0. The topological polar surface area (TPSA) is 59.0 Å². The number of aryl methyl sites for hydroxylation is 1. The highest BCUT2D eigenvalue weighted by Crippen LogP contribution is 2.16. The second kappa shape index (κ2) is 8.97. The Bertz CT molecular complexity index is 400. The summed E-state index contributed by atoms with van der Waals surface area (Å²) in [5.41, 5.74) is 0.483. The van der Waals surface area contributed by atoms with Gasteiger partial charge in [0.25, 0.3) is 5.91 Å². The number of nitrogens with zero attached hydrogens (tertiary/aromatic N) is 2. The molecule has 5 nitrogen and oxygen atoms in total. The summed E-state index contributed by atoms with van der Waals surface area (Å²) in [6.45, 7) is 1.50. The average Bonchev–Trinajstić information content (AvgIpc) is 2.68. The predicted molar refractivity (Wildman–Crippen MR) is 82.3 cm³/mol. The van der Waals surface area contributed by atoms with Crippen molar-refractivity contribution < 1.29 is 4.79 Å². The van der Waals surface area contributed by atoms with Crippen LogP contribution in [0.4, 0.5) is 0 Å². The minimum atomic E-state index is -0.0942. The number of amides is 1. The van der Waals surface area contributed by atoms with Gasteiger partial charge in [-0.3, -0.25) is 4.79 Å². The SMILES string of the molecule is Cl.Cn1cnc(C(=O)NCCNC2CCCCCC2)c1. The molecule has 1 aliphatic carbocycles. The first-order valence-corrected chi connectivity index (χ1v) is 7.25. The second-order valence-electron chi connectivity index (χ2n) is 5.32. The lowest BCUT2D eigenvalue weighted by Crippen LogP contribution is -2.37. The quantitative estimate of drug-likeness (QED) is 0.645. The second-order valence-corrected chi connectivity index (χ2v) is 5.32. The molecule has 0 atom stereocenters. The van der Waals surface area contributed by atoms with E-state index in [1.807, 2.05) is 7.05 Å². The number of aromatic nitrogens is 2. The van der Waals surface area contributed by atoms with E-state index >= 15 is 0 Å². The van der Waals surface area contributed by atoms with Crippen LogP contribution in [0.25, 0.3) is 0 Å². The summed E-state index contributed by atoms with van der Waals surface area (Å²) in [6, 6.07) is 0.634. The first kappa shape index (κ1) is 17.0. The average molecular weight is 301 g/mol.